The molecule has 0 unspecified atom stereocenters. The second-order valence-electron chi connectivity index (χ2n) is 5.46. The molecular formula is C13H18N2O6S. The van der Waals surface area contributed by atoms with Gasteiger partial charge in [-0.2, -0.15) is 8.42 Å². The number of nitrogens with zero attached hydrogens (tertiary/aromatic N) is 1. The number of nitro benzene ring substituents is 1. The number of carbonyl (C=O) groups is 1. The van der Waals surface area contributed by atoms with Crippen LogP contribution in [0.1, 0.15) is 19.4 Å². The van der Waals surface area contributed by atoms with Gasteiger partial charge in [0.15, 0.2) is 0 Å². The second-order valence-corrected chi connectivity index (χ2v) is 7.10. The Hall–Kier alpha value is -2.00. The van der Waals surface area contributed by atoms with E-state index >= 15 is 0 Å². The number of carbonyl (C=O) groups excluding carboxylic acids is 1. The maximum atomic E-state index is 12.0. The van der Waals surface area contributed by atoms with Gasteiger partial charge in [0.05, 0.1) is 23.2 Å². The van der Waals surface area contributed by atoms with Crippen LogP contribution in [-0.2, 0) is 25.6 Å². The Bertz CT molecular complexity index is 652. The highest BCUT2D eigenvalue weighted by atomic mass is 32.2. The largest absolute Gasteiger partial charge is 0.351 e. The van der Waals surface area contributed by atoms with Gasteiger partial charge in [0, 0.05) is 18.7 Å². The van der Waals surface area contributed by atoms with E-state index in [0.717, 1.165) is 6.26 Å². The number of rotatable bonds is 7. The number of hydrogen-bond donors (Lipinski definition) is 1. The van der Waals surface area contributed by atoms with Crippen molar-refractivity contribution in [3.8, 4) is 0 Å². The van der Waals surface area contributed by atoms with Crippen molar-refractivity contribution in [2.45, 2.75) is 20.4 Å². The predicted molar refractivity (Wildman–Crippen MR) is 79.5 cm³/mol. The fraction of sp³-hybridized carbons (Fsp3) is 0.462. The lowest BCUT2D eigenvalue weighted by Crippen LogP contribution is -2.40. The van der Waals surface area contributed by atoms with Crippen LogP contribution in [0.4, 0.5) is 5.69 Å². The molecule has 0 aliphatic rings. The van der Waals surface area contributed by atoms with Crippen molar-refractivity contribution in [2.75, 3.05) is 12.9 Å². The molecule has 0 spiro atoms. The molecule has 0 atom stereocenters. The van der Waals surface area contributed by atoms with Crippen LogP contribution in [0.15, 0.2) is 24.3 Å². The Morgan fingerprint density at radius 1 is 1.32 bits per heavy atom. The summed E-state index contributed by atoms with van der Waals surface area (Å²) in [5, 5.41) is 13.2. The fourth-order valence-electron chi connectivity index (χ4n) is 1.48. The summed E-state index contributed by atoms with van der Waals surface area (Å²) in [7, 11) is -3.61. The first-order valence-corrected chi connectivity index (χ1v) is 8.19. The molecule has 0 saturated carbocycles. The fourth-order valence-corrected chi connectivity index (χ4v) is 1.99. The molecule has 0 aliphatic heterocycles. The molecule has 1 amide bonds. The number of benzene rings is 1. The highest BCUT2D eigenvalue weighted by molar-refractivity contribution is 7.85. The quantitative estimate of drug-likeness (QED) is 0.456. The van der Waals surface area contributed by atoms with Gasteiger partial charge in [0.25, 0.3) is 15.8 Å². The Morgan fingerprint density at radius 3 is 2.32 bits per heavy atom. The van der Waals surface area contributed by atoms with Crippen LogP contribution in [-0.4, -0.2) is 32.1 Å². The average molecular weight is 330 g/mol. The number of non-ortho nitro benzene ring substituents is 1. The van der Waals surface area contributed by atoms with Crippen molar-refractivity contribution >= 4 is 21.7 Å². The van der Waals surface area contributed by atoms with Gasteiger partial charge in [-0.3, -0.25) is 19.1 Å². The van der Waals surface area contributed by atoms with Crippen LogP contribution in [0.3, 0.4) is 0 Å². The van der Waals surface area contributed by atoms with Gasteiger partial charge in [0.1, 0.15) is 0 Å². The van der Waals surface area contributed by atoms with E-state index in [4.69, 9.17) is 0 Å². The summed E-state index contributed by atoms with van der Waals surface area (Å²) in [6.45, 7) is 3.03. The summed E-state index contributed by atoms with van der Waals surface area (Å²) in [5.41, 5.74) is -0.361. The lowest BCUT2D eigenvalue weighted by molar-refractivity contribution is -0.384. The number of amides is 1. The van der Waals surface area contributed by atoms with E-state index < -0.39 is 20.5 Å². The zero-order chi connectivity index (χ0) is 17.0. The Morgan fingerprint density at radius 2 is 1.86 bits per heavy atom. The van der Waals surface area contributed by atoms with E-state index in [9.17, 15) is 23.3 Å². The highest BCUT2D eigenvalue weighted by Crippen LogP contribution is 2.17. The van der Waals surface area contributed by atoms with E-state index in [0.29, 0.717) is 5.56 Å². The molecule has 0 heterocycles. The minimum atomic E-state index is -3.61. The lowest BCUT2D eigenvalue weighted by atomic mass is 9.94. The van der Waals surface area contributed by atoms with Crippen LogP contribution in [0.2, 0.25) is 0 Å². The first kappa shape index (κ1) is 18.1. The van der Waals surface area contributed by atoms with E-state index in [1.807, 2.05) is 0 Å². The maximum absolute atomic E-state index is 12.0. The van der Waals surface area contributed by atoms with Crippen molar-refractivity contribution in [1.82, 2.24) is 5.32 Å². The molecule has 1 rings (SSSR count). The second kappa shape index (κ2) is 6.84. The molecule has 1 aromatic carbocycles. The molecule has 9 heteroatoms. The molecule has 0 bridgehead atoms. The molecule has 0 aliphatic carbocycles. The molecule has 0 saturated heterocycles. The standard InChI is InChI=1S/C13H18N2O6S/c1-13(2,9-21-22(3,19)20)12(16)14-8-10-4-6-11(7-5-10)15(17)18/h4-7H,8-9H2,1-3H3,(H,14,16). The molecule has 1 N–H and O–H groups in total. The van der Waals surface area contributed by atoms with Gasteiger partial charge in [-0.05, 0) is 19.4 Å². The van der Waals surface area contributed by atoms with E-state index in [2.05, 4.69) is 9.50 Å². The zero-order valence-electron chi connectivity index (χ0n) is 12.5. The van der Waals surface area contributed by atoms with Crippen LogP contribution in [0.5, 0.6) is 0 Å². The van der Waals surface area contributed by atoms with Crippen molar-refractivity contribution in [1.29, 1.82) is 0 Å². The maximum Gasteiger partial charge on any atom is 0.269 e. The number of hydrogen-bond acceptors (Lipinski definition) is 6. The molecule has 8 nitrogen and oxygen atoms in total. The minimum absolute atomic E-state index is 0.0306. The van der Waals surface area contributed by atoms with Crippen LogP contribution in [0, 0.1) is 15.5 Å². The van der Waals surface area contributed by atoms with Gasteiger partial charge in [-0.15, -0.1) is 0 Å². The highest BCUT2D eigenvalue weighted by Gasteiger charge is 2.29. The third-order valence-corrected chi connectivity index (χ3v) is 3.39. The predicted octanol–water partition coefficient (Wildman–Crippen LogP) is 1.21. The Balaban J connectivity index is 2.59. The van der Waals surface area contributed by atoms with Crippen LogP contribution >= 0.6 is 0 Å². The zero-order valence-corrected chi connectivity index (χ0v) is 13.3. The normalized spacial score (nSPS) is 12.0. The van der Waals surface area contributed by atoms with E-state index in [-0.39, 0.29) is 24.7 Å². The third kappa shape index (κ3) is 5.78. The van der Waals surface area contributed by atoms with Crippen molar-refractivity contribution in [3.05, 3.63) is 39.9 Å². The van der Waals surface area contributed by atoms with Crippen molar-refractivity contribution in [3.63, 3.8) is 0 Å². The SMILES string of the molecule is CC(C)(COS(C)(=O)=O)C(=O)NCc1ccc([N+](=O)[O-])cc1. The summed E-state index contributed by atoms with van der Waals surface area (Å²) >= 11 is 0. The Labute approximate surface area is 128 Å². The molecule has 0 radical (unpaired) electrons. The number of nitrogens with one attached hydrogen (secondary N) is 1. The first-order valence-electron chi connectivity index (χ1n) is 6.37. The molecular weight excluding hydrogens is 312 g/mol. The Kier molecular flexibility index (Phi) is 5.61. The summed E-state index contributed by atoms with van der Waals surface area (Å²) in [6, 6.07) is 5.77. The molecule has 1 aromatic rings. The van der Waals surface area contributed by atoms with Crippen LogP contribution in [0.25, 0.3) is 0 Å². The van der Waals surface area contributed by atoms with Crippen LogP contribution < -0.4 is 5.32 Å². The smallest absolute Gasteiger partial charge is 0.269 e. The third-order valence-electron chi connectivity index (χ3n) is 2.85. The summed E-state index contributed by atoms with van der Waals surface area (Å²) in [5.74, 6) is -0.380. The van der Waals surface area contributed by atoms with Crippen molar-refractivity contribution < 1.29 is 22.3 Å². The molecule has 0 fully saturated rings. The molecule has 0 aromatic heterocycles. The molecule has 122 valence electrons. The van der Waals surface area contributed by atoms with Crippen molar-refractivity contribution in [2.24, 2.45) is 5.41 Å². The van der Waals surface area contributed by atoms with E-state index in [1.54, 1.807) is 26.0 Å². The summed E-state index contributed by atoms with van der Waals surface area (Å²) < 4.78 is 26.6. The average Bonchev–Trinajstić information content (AvgIpc) is 2.42. The van der Waals surface area contributed by atoms with E-state index in [1.165, 1.54) is 12.1 Å². The summed E-state index contributed by atoms with van der Waals surface area (Å²) in [6.07, 6.45) is 0.915. The van der Waals surface area contributed by atoms with Gasteiger partial charge in [0.2, 0.25) is 5.91 Å². The molecule has 22 heavy (non-hydrogen) atoms. The monoisotopic (exact) mass is 330 g/mol. The first-order chi connectivity index (χ1) is 10.0. The van der Waals surface area contributed by atoms with Gasteiger partial charge in [-0.1, -0.05) is 12.1 Å². The lowest BCUT2D eigenvalue weighted by Gasteiger charge is -2.22. The minimum Gasteiger partial charge on any atom is -0.351 e. The van der Waals surface area contributed by atoms with Gasteiger partial charge < -0.3 is 5.32 Å². The topological polar surface area (TPSA) is 116 Å². The number of nitro groups is 1. The summed E-state index contributed by atoms with van der Waals surface area (Å²) in [4.78, 5) is 22.1. The van der Waals surface area contributed by atoms with Gasteiger partial charge >= 0.3 is 0 Å². The van der Waals surface area contributed by atoms with Gasteiger partial charge in [-0.25, -0.2) is 0 Å².